The predicted octanol–water partition coefficient (Wildman–Crippen LogP) is 2.64. The highest BCUT2D eigenvalue weighted by Gasteiger charge is 2.26. The first-order valence-electron chi connectivity index (χ1n) is 7.09. The summed E-state index contributed by atoms with van der Waals surface area (Å²) in [5.41, 5.74) is 2.40. The summed E-state index contributed by atoms with van der Waals surface area (Å²) in [6.07, 6.45) is 7.56. The molecule has 0 spiro atoms. The lowest BCUT2D eigenvalue weighted by molar-refractivity contribution is 0.665. The molecular formula is C15H20N4. The first-order chi connectivity index (χ1) is 9.38. The van der Waals surface area contributed by atoms with Crippen LogP contribution in [0.15, 0.2) is 30.6 Å². The van der Waals surface area contributed by atoms with Gasteiger partial charge in [-0.3, -0.25) is 0 Å². The van der Waals surface area contributed by atoms with E-state index in [0.717, 1.165) is 25.3 Å². The number of pyridine rings is 1. The summed E-state index contributed by atoms with van der Waals surface area (Å²) in [7, 11) is 0. The molecule has 4 heteroatoms. The molecule has 0 atom stereocenters. The Hall–Kier alpha value is -1.68. The van der Waals surface area contributed by atoms with Gasteiger partial charge in [-0.2, -0.15) is 5.10 Å². The third-order valence-electron chi connectivity index (χ3n) is 3.43. The predicted molar refractivity (Wildman–Crippen MR) is 75.3 cm³/mol. The first-order valence-corrected chi connectivity index (χ1v) is 7.09. The Kier molecular flexibility index (Phi) is 3.60. The van der Waals surface area contributed by atoms with Gasteiger partial charge in [0.1, 0.15) is 0 Å². The summed E-state index contributed by atoms with van der Waals surface area (Å²) in [5.74, 6) is 1.63. The highest BCUT2D eigenvalue weighted by molar-refractivity contribution is 5.33. The van der Waals surface area contributed by atoms with Crippen molar-refractivity contribution < 1.29 is 0 Å². The molecule has 1 saturated carbocycles. The zero-order valence-corrected chi connectivity index (χ0v) is 11.3. The topological polar surface area (TPSA) is 42.7 Å². The minimum absolute atomic E-state index is 0.687. The number of hydrogen-bond donors (Lipinski definition) is 1. The maximum atomic E-state index is 4.66. The van der Waals surface area contributed by atoms with E-state index in [-0.39, 0.29) is 0 Å². The molecule has 1 N–H and O–H groups in total. The van der Waals surface area contributed by atoms with Crippen molar-refractivity contribution in [3.05, 3.63) is 41.9 Å². The van der Waals surface area contributed by atoms with Gasteiger partial charge in [-0.15, -0.1) is 0 Å². The summed E-state index contributed by atoms with van der Waals surface area (Å²) < 4.78 is 1.91. The van der Waals surface area contributed by atoms with Crippen LogP contribution in [0.4, 0.5) is 0 Å². The fourth-order valence-electron chi connectivity index (χ4n) is 2.23. The lowest BCUT2D eigenvalue weighted by atomic mass is 10.2. The van der Waals surface area contributed by atoms with Crippen LogP contribution in [0.1, 0.15) is 43.4 Å². The molecule has 2 heterocycles. The second-order valence-corrected chi connectivity index (χ2v) is 5.12. The van der Waals surface area contributed by atoms with E-state index in [4.69, 9.17) is 0 Å². The Morgan fingerprint density at radius 2 is 2.26 bits per heavy atom. The highest BCUT2D eigenvalue weighted by Crippen LogP contribution is 2.39. The van der Waals surface area contributed by atoms with Crippen LogP contribution >= 0.6 is 0 Å². The number of aromatic nitrogens is 3. The fraction of sp³-hybridized carbons (Fsp3) is 0.467. The molecular weight excluding hydrogens is 236 g/mol. The van der Waals surface area contributed by atoms with E-state index < -0.39 is 0 Å². The molecule has 1 aliphatic rings. The van der Waals surface area contributed by atoms with Gasteiger partial charge in [0.15, 0.2) is 5.82 Å². The van der Waals surface area contributed by atoms with E-state index in [9.17, 15) is 0 Å². The minimum Gasteiger partial charge on any atom is -0.313 e. The molecule has 4 nitrogen and oxygen atoms in total. The van der Waals surface area contributed by atoms with Gasteiger partial charge < -0.3 is 5.32 Å². The van der Waals surface area contributed by atoms with Crippen molar-refractivity contribution in [2.45, 2.75) is 38.6 Å². The lowest BCUT2D eigenvalue weighted by Gasteiger charge is -2.09. The molecule has 2 aromatic heterocycles. The average molecular weight is 256 g/mol. The summed E-state index contributed by atoms with van der Waals surface area (Å²) in [5, 5.41) is 8.08. The third-order valence-corrected chi connectivity index (χ3v) is 3.43. The van der Waals surface area contributed by atoms with Crippen LogP contribution in [0.2, 0.25) is 0 Å². The van der Waals surface area contributed by atoms with E-state index in [2.05, 4.69) is 34.5 Å². The van der Waals surface area contributed by atoms with Gasteiger partial charge in [0.05, 0.1) is 5.69 Å². The van der Waals surface area contributed by atoms with Crippen LogP contribution < -0.4 is 5.32 Å². The third kappa shape index (κ3) is 2.84. The van der Waals surface area contributed by atoms with Crippen molar-refractivity contribution in [3.63, 3.8) is 0 Å². The molecule has 1 aliphatic carbocycles. The molecule has 2 aromatic rings. The van der Waals surface area contributed by atoms with Crippen LogP contribution in [-0.2, 0) is 6.54 Å². The second kappa shape index (κ2) is 5.53. The van der Waals surface area contributed by atoms with Gasteiger partial charge in [-0.05, 0) is 37.9 Å². The summed E-state index contributed by atoms with van der Waals surface area (Å²) in [6.45, 7) is 4.04. The van der Waals surface area contributed by atoms with Gasteiger partial charge in [-0.25, -0.2) is 9.67 Å². The molecule has 0 amide bonds. The highest BCUT2D eigenvalue weighted by atomic mass is 15.3. The Labute approximate surface area is 113 Å². The molecule has 0 unspecified atom stereocenters. The zero-order valence-electron chi connectivity index (χ0n) is 11.3. The Morgan fingerprint density at radius 1 is 1.37 bits per heavy atom. The van der Waals surface area contributed by atoms with E-state index in [1.54, 1.807) is 0 Å². The average Bonchev–Trinajstić information content (AvgIpc) is 3.18. The molecule has 0 aromatic carbocycles. The second-order valence-electron chi connectivity index (χ2n) is 5.12. The van der Waals surface area contributed by atoms with E-state index in [0.29, 0.717) is 5.92 Å². The molecule has 0 aliphatic heterocycles. The molecule has 3 rings (SSSR count). The van der Waals surface area contributed by atoms with Crippen LogP contribution in [0, 0.1) is 0 Å². The van der Waals surface area contributed by atoms with Gasteiger partial charge in [0.2, 0.25) is 0 Å². The SMILES string of the molecule is CCCNCc1cccnc1-n1ccc(C2CC2)n1. The van der Waals surface area contributed by atoms with Gasteiger partial charge in [0, 0.05) is 30.4 Å². The van der Waals surface area contributed by atoms with Gasteiger partial charge in [-0.1, -0.05) is 13.0 Å². The largest absolute Gasteiger partial charge is 0.313 e. The number of rotatable bonds is 6. The van der Waals surface area contributed by atoms with Crippen molar-refractivity contribution in [3.8, 4) is 5.82 Å². The molecule has 19 heavy (non-hydrogen) atoms. The van der Waals surface area contributed by atoms with Crippen LogP contribution in [0.3, 0.4) is 0 Å². The van der Waals surface area contributed by atoms with Crippen molar-refractivity contribution in [1.29, 1.82) is 0 Å². The van der Waals surface area contributed by atoms with E-state index >= 15 is 0 Å². The summed E-state index contributed by atoms with van der Waals surface area (Å²) in [4.78, 5) is 4.48. The molecule has 0 bridgehead atoms. The monoisotopic (exact) mass is 256 g/mol. The van der Waals surface area contributed by atoms with Crippen molar-refractivity contribution in [2.75, 3.05) is 6.54 Å². The van der Waals surface area contributed by atoms with Gasteiger partial charge >= 0.3 is 0 Å². The van der Waals surface area contributed by atoms with Crippen LogP contribution in [-0.4, -0.2) is 21.3 Å². The molecule has 1 fully saturated rings. The van der Waals surface area contributed by atoms with Gasteiger partial charge in [0.25, 0.3) is 0 Å². The van der Waals surface area contributed by atoms with Crippen molar-refractivity contribution in [2.24, 2.45) is 0 Å². The van der Waals surface area contributed by atoms with E-state index in [1.807, 2.05) is 23.1 Å². The van der Waals surface area contributed by atoms with Crippen molar-refractivity contribution >= 4 is 0 Å². The van der Waals surface area contributed by atoms with Crippen molar-refractivity contribution in [1.82, 2.24) is 20.1 Å². The smallest absolute Gasteiger partial charge is 0.157 e. The number of hydrogen-bond acceptors (Lipinski definition) is 3. The minimum atomic E-state index is 0.687. The molecule has 0 saturated heterocycles. The standard InChI is InChI=1S/C15H20N4/c1-2-8-16-11-13-4-3-9-17-15(13)19-10-7-14(18-19)12-5-6-12/h3-4,7,9-10,12,16H,2,5-6,8,11H2,1H3. The molecule has 100 valence electrons. The maximum absolute atomic E-state index is 4.66. The maximum Gasteiger partial charge on any atom is 0.157 e. The first kappa shape index (κ1) is 12.4. The Bertz CT molecular complexity index is 543. The molecule has 0 radical (unpaired) electrons. The number of nitrogens with one attached hydrogen (secondary N) is 1. The lowest BCUT2D eigenvalue weighted by Crippen LogP contribution is -2.16. The zero-order chi connectivity index (χ0) is 13.1. The van der Waals surface area contributed by atoms with Crippen LogP contribution in [0.25, 0.3) is 5.82 Å². The Morgan fingerprint density at radius 3 is 3.05 bits per heavy atom. The van der Waals surface area contributed by atoms with Crippen LogP contribution in [0.5, 0.6) is 0 Å². The van der Waals surface area contributed by atoms with E-state index in [1.165, 1.54) is 24.1 Å². The summed E-state index contributed by atoms with van der Waals surface area (Å²) in [6, 6.07) is 6.22. The number of nitrogens with zero attached hydrogens (tertiary/aromatic N) is 3. The Balaban J connectivity index is 1.81. The normalized spacial score (nSPS) is 14.8. The fourth-order valence-corrected chi connectivity index (χ4v) is 2.23. The summed E-state index contributed by atoms with van der Waals surface area (Å²) >= 11 is 0. The quantitative estimate of drug-likeness (QED) is 0.808.